The number of amides is 1. The minimum Gasteiger partial charge on any atom is -0.508 e. The number of anilines is 1. The fraction of sp³-hybridized carbons (Fsp3) is 0.171. The molecule has 1 fully saturated rings. The van der Waals surface area contributed by atoms with E-state index >= 15 is 0 Å². The molecule has 0 spiro atoms. The first kappa shape index (κ1) is 42.3. The summed E-state index contributed by atoms with van der Waals surface area (Å²) < 4.78 is 60.2. The molecule has 0 saturated carbocycles. The van der Waals surface area contributed by atoms with Crippen molar-refractivity contribution in [3.63, 3.8) is 0 Å². The van der Waals surface area contributed by atoms with E-state index < -0.39 is 54.3 Å². The quantitative estimate of drug-likeness (QED) is 0.0487. The zero-order valence-electron chi connectivity index (χ0n) is 30.3. The number of ether oxygens (including phenoxy) is 1. The highest BCUT2D eigenvalue weighted by Gasteiger charge is 2.41. The minimum atomic E-state index is -5.70. The Balaban J connectivity index is 1.08. The second-order valence-corrected chi connectivity index (χ2v) is 17.4. The Labute approximate surface area is 335 Å². The lowest BCUT2D eigenvalue weighted by Gasteiger charge is -2.19. The number of rotatable bonds is 12. The van der Waals surface area contributed by atoms with Crippen molar-refractivity contribution in [3.05, 3.63) is 94.0 Å². The monoisotopic (exact) mass is 885 g/mol. The zero-order chi connectivity index (χ0) is 43.1. The van der Waals surface area contributed by atoms with Crippen molar-refractivity contribution in [2.24, 2.45) is 0 Å². The SMILES string of the molecule is Nc1ncnc2c1c(C#CCNC(=O)c1ccc(C(=O)O)c(-c3c4ccc(=O)cc-4oc4cc(O)ccc34)c1)cn2[C@H]1CC[C@@H](COP(=O)(O)OP(=O)(O)OP(=O)(O)O)O1. The number of aromatic nitrogens is 3. The number of phenols is 1. The van der Waals surface area contributed by atoms with Crippen LogP contribution in [0.4, 0.5) is 5.82 Å². The third-order valence-corrected chi connectivity index (χ3v) is 12.7. The third-order valence-electron chi connectivity index (χ3n) is 8.89. The number of benzene rings is 3. The van der Waals surface area contributed by atoms with Crippen LogP contribution in [-0.4, -0.2) is 75.5 Å². The van der Waals surface area contributed by atoms with Crippen LogP contribution in [0.3, 0.4) is 0 Å². The van der Waals surface area contributed by atoms with Crippen molar-refractivity contribution in [3.8, 4) is 40.0 Å². The Morgan fingerprint density at radius 3 is 2.50 bits per heavy atom. The summed E-state index contributed by atoms with van der Waals surface area (Å²) in [5.74, 6) is 3.94. The largest absolute Gasteiger partial charge is 0.508 e. The van der Waals surface area contributed by atoms with Gasteiger partial charge in [-0.05, 0) is 60.9 Å². The number of carboxylic acids is 1. The van der Waals surface area contributed by atoms with E-state index in [9.17, 15) is 48.1 Å². The van der Waals surface area contributed by atoms with Gasteiger partial charge in [0.25, 0.3) is 5.91 Å². The summed E-state index contributed by atoms with van der Waals surface area (Å²) in [5.41, 5.74) is 7.44. The van der Waals surface area contributed by atoms with Crippen LogP contribution in [0.1, 0.15) is 45.3 Å². The van der Waals surface area contributed by atoms with Gasteiger partial charge in [0.15, 0.2) is 5.43 Å². The first-order chi connectivity index (χ1) is 28.3. The molecular formula is C35H30N5O17P3. The lowest BCUT2D eigenvalue weighted by molar-refractivity contribution is -0.0202. The van der Waals surface area contributed by atoms with Crippen LogP contribution in [0, 0.1) is 11.8 Å². The van der Waals surface area contributed by atoms with Gasteiger partial charge in [0.1, 0.15) is 41.1 Å². The molecule has 4 aromatic rings. The Bertz CT molecular complexity index is 2950. The maximum Gasteiger partial charge on any atom is 0.490 e. The highest BCUT2D eigenvalue weighted by atomic mass is 31.3. The summed E-state index contributed by atoms with van der Waals surface area (Å²) in [6, 6.07) is 12.3. The van der Waals surface area contributed by atoms with E-state index in [4.69, 9.17) is 29.2 Å². The number of phenolic OH excluding ortho intramolecular Hbond substituents is 1. The maximum atomic E-state index is 13.5. The molecule has 0 bridgehead atoms. The van der Waals surface area contributed by atoms with E-state index in [0.717, 1.165) is 0 Å². The summed E-state index contributed by atoms with van der Waals surface area (Å²) in [4.78, 5) is 83.0. The lowest BCUT2D eigenvalue weighted by atomic mass is 9.89. The number of hydrogen-bond acceptors (Lipinski definition) is 15. The molecule has 2 aromatic carbocycles. The Morgan fingerprint density at radius 2 is 1.75 bits per heavy atom. The van der Waals surface area contributed by atoms with Crippen molar-refractivity contribution in [2.75, 3.05) is 18.9 Å². The van der Waals surface area contributed by atoms with Gasteiger partial charge < -0.3 is 54.6 Å². The highest BCUT2D eigenvalue weighted by molar-refractivity contribution is 7.66. The van der Waals surface area contributed by atoms with Gasteiger partial charge in [-0.2, -0.15) is 8.62 Å². The summed E-state index contributed by atoms with van der Waals surface area (Å²) in [6.45, 7) is -0.843. The second-order valence-electron chi connectivity index (χ2n) is 12.9. The van der Waals surface area contributed by atoms with Gasteiger partial charge in [-0.15, -0.1) is 0 Å². The number of hydrogen-bond donors (Lipinski definition) is 8. The number of nitrogens with two attached hydrogens (primary N) is 1. The van der Waals surface area contributed by atoms with E-state index in [1.807, 2.05) is 0 Å². The molecule has 2 unspecified atom stereocenters. The van der Waals surface area contributed by atoms with Gasteiger partial charge >= 0.3 is 29.4 Å². The van der Waals surface area contributed by atoms with E-state index in [1.54, 1.807) is 10.8 Å². The molecule has 60 heavy (non-hydrogen) atoms. The summed E-state index contributed by atoms with van der Waals surface area (Å²) in [6.07, 6.45) is 1.68. The molecule has 0 radical (unpaired) electrons. The van der Waals surface area contributed by atoms with Crippen molar-refractivity contribution in [1.82, 2.24) is 19.9 Å². The normalized spacial score (nSPS) is 17.5. The standard InChI is InChI=1S/C35H30N5O17P3/c36-32-30-19(15-40(33(30)39-17-38-32)29-10-6-22(54-29)16-53-59(49,50)57-60(51,52)56-58(46,47)48)2-1-11-37-34(43)18-3-7-23(35(44)45)26(12-18)31-24-8-4-20(41)13-27(24)55-28-14-21(42)5-9-25(28)31/h3-5,7-9,12-15,17,22,29,41H,6,10-11,16H2,(H,37,43)(H,44,45)(H,49,50)(H,51,52)(H2,36,38,39)(H2,46,47,48)/t22-,29+/m0/s1. The molecule has 7 rings (SSSR count). The number of nitrogen functional groups attached to an aromatic ring is 1. The maximum absolute atomic E-state index is 13.5. The van der Waals surface area contributed by atoms with Crippen molar-refractivity contribution >= 4 is 63.2 Å². The van der Waals surface area contributed by atoms with Crippen LogP contribution in [0.5, 0.6) is 5.75 Å². The zero-order valence-corrected chi connectivity index (χ0v) is 33.0. The predicted molar refractivity (Wildman–Crippen MR) is 207 cm³/mol. The number of phosphoric ester groups is 1. The summed E-state index contributed by atoms with van der Waals surface area (Å²) in [5, 5.41) is 23.7. The van der Waals surface area contributed by atoms with Gasteiger partial charge in [-0.1, -0.05) is 11.8 Å². The van der Waals surface area contributed by atoms with E-state index in [2.05, 4.69) is 35.7 Å². The average molecular weight is 886 g/mol. The molecule has 4 atom stereocenters. The summed E-state index contributed by atoms with van der Waals surface area (Å²) >= 11 is 0. The van der Waals surface area contributed by atoms with Crippen LogP contribution >= 0.6 is 23.5 Å². The van der Waals surface area contributed by atoms with E-state index in [-0.39, 0.29) is 58.0 Å². The number of carboxylic acid groups (broad SMARTS) is 1. The number of phosphoric acid groups is 3. The molecule has 25 heteroatoms. The van der Waals surface area contributed by atoms with Crippen LogP contribution in [0.2, 0.25) is 0 Å². The molecule has 312 valence electrons. The molecule has 3 aliphatic rings. The van der Waals surface area contributed by atoms with Gasteiger partial charge in [0.2, 0.25) is 0 Å². The number of nitrogens with zero attached hydrogens (tertiary/aromatic N) is 3. The van der Waals surface area contributed by atoms with Crippen LogP contribution in [0.15, 0.2) is 76.3 Å². The molecule has 2 aliphatic heterocycles. The first-order valence-corrected chi connectivity index (χ1v) is 21.7. The lowest BCUT2D eigenvalue weighted by Crippen LogP contribution is -2.23. The minimum absolute atomic E-state index is 0.0655. The first-order valence-electron chi connectivity index (χ1n) is 17.2. The molecule has 22 nitrogen and oxygen atoms in total. The van der Waals surface area contributed by atoms with Gasteiger partial charge in [-0.25, -0.2) is 28.5 Å². The number of nitrogens with one attached hydrogen (secondary N) is 1. The van der Waals surface area contributed by atoms with Gasteiger partial charge in [-0.3, -0.25) is 14.1 Å². The Hall–Kier alpha value is -5.78. The molecule has 2 aromatic heterocycles. The van der Waals surface area contributed by atoms with Crippen molar-refractivity contribution < 1.29 is 75.4 Å². The predicted octanol–water partition coefficient (Wildman–Crippen LogP) is 4.10. The highest BCUT2D eigenvalue weighted by Crippen LogP contribution is 2.66. The molecule has 1 aliphatic carbocycles. The van der Waals surface area contributed by atoms with Crippen LogP contribution < -0.4 is 16.5 Å². The smallest absolute Gasteiger partial charge is 0.490 e. The number of carbonyl (C=O) groups is 2. The average Bonchev–Trinajstić information content (AvgIpc) is 3.78. The van der Waals surface area contributed by atoms with Crippen LogP contribution in [-0.2, 0) is 31.6 Å². The summed E-state index contributed by atoms with van der Waals surface area (Å²) in [7, 11) is -16.6. The number of aromatic carboxylic acids is 1. The Kier molecular flexibility index (Phi) is 11.5. The second kappa shape index (κ2) is 16.3. The molecule has 4 heterocycles. The number of fused-ring (bicyclic) bond motifs is 3. The molecular weight excluding hydrogens is 855 g/mol. The van der Waals surface area contributed by atoms with Crippen molar-refractivity contribution in [2.45, 2.75) is 25.2 Å². The van der Waals surface area contributed by atoms with E-state index in [1.165, 1.54) is 60.9 Å². The number of aromatic hydroxyl groups is 1. The fourth-order valence-electron chi connectivity index (χ4n) is 6.51. The van der Waals surface area contributed by atoms with Crippen molar-refractivity contribution in [1.29, 1.82) is 0 Å². The fourth-order valence-corrected chi connectivity index (χ4v) is 9.56. The van der Waals surface area contributed by atoms with Crippen LogP contribution in [0.25, 0.3) is 44.5 Å². The molecule has 1 saturated heterocycles. The van der Waals surface area contributed by atoms with Gasteiger partial charge in [0.05, 0.1) is 35.8 Å². The topological polar surface area (TPSA) is 343 Å². The third kappa shape index (κ3) is 9.32. The molecule has 9 N–H and O–H groups in total. The van der Waals surface area contributed by atoms with E-state index in [0.29, 0.717) is 39.5 Å². The molecule has 1 amide bonds. The van der Waals surface area contributed by atoms with Gasteiger partial charge in [0, 0.05) is 40.4 Å². The Morgan fingerprint density at radius 1 is 0.967 bits per heavy atom. The number of carbonyl (C=O) groups excluding carboxylic acids is 1.